The van der Waals surface area contributed by atoms with Crippen LogP contribution in [0.4, 0.5) is 14.5 Å². The van der Waals surface area contributed by atoms with E-state index in [1.165, 1.54) is 11.0 Å². The first-order valence-electron chi connectivity index (χ1n) is 10.4. The molecule has 6 nitrogen and oxygen atoms in total. The highest BCUT2D eigenvalue weighted by Crippen LogP contribution is 2.38. The first kappa shape index (κ1) is 21.5. The molecule has 1 aromatic heterocycles. The van der Waals surface area contributed by atoms with Crippen molar-refractivity contribution in [3.8, 4) is 5.88 Å². The summed E-state index contributed by atoms with van der Waals surface area (Å²) in [6.07, 6.45) is 3.44. The van der Waals surface area contributed by atoms with Crippen LogP contribution in [0.15, 0.2) is 12.1 Å². The summed E-state index contributed by atoms with van der Waals surface area (Å²) in [5.41, 5.74) is -0.349. The summed E-state index contributed by atoms with van der Waals surface area (Å²) >= 11 is 0. The molecule has 29 heavy (non-hydrogen) atoms. The van der Waals surface area contributed by atoms with Gasteiger partial charge in [0.1, 0.15) is 11.4 Å². The van der Waals surface area contributed by atoms with Crippen molar-refractivity contribution in [1.82, 2.24) is 10.3 Å². The van der Waals surface area contributed by atoms with E-state index < -0.39 is 17.4 Å². The third-order valence-corrected chi connectivity index (χ3v) is 5.83. The van der Waals surface area contributed by atoms with Gasteiger partial charge in [-0.25, -0.2) is 13.8 Å². The molecule has 0 atom stereocenters. The van der Waals surface area contributed by atoms with Crippen molar-refractivity contribution < 1.29 is 23.1 Å². The fourth-order valence-corrected chi connectivity index (χ4v) is 3.58. The predicted molar refractivity (Wildman–Crippen MR) is 106 cm³/mol. The lowest BCUT2D eigenvalue weighted by atomic mass is 9.86. The van der Waals surface area contributed by atoms with E-state index in [-0.39, 0.29) is 30.4 Å². The summed E-state index contributed by atoms with van der Waals surface area (Å²) in [6.45, 7) is 5.18. The number of hydrogen-bond acceptors (Lipinski definition) is 5. The minimum atomic E-state index is -2.72. The van der Waals surface area contributed by atoms with E-state index in [0.717, 1.165) is 12.8 Å². The van der Waals surface area contributed by atoms with Crippen molar-refractivity contribution in [3.05, 3.63) is 17.8 Å². The van der Waals surface area contributed by atoms with E-state index in [1.54, 1.807) is 13.0 Å². The number of amides is 1. The van der Waals surface area contributed by atoms with E-state index >= 15 is 0 Å². The Kier molecular flexibility index (Phi) is 6.10. The number of ether oxygens (including phenoxy) is 1. The molecular weight excluding hydrogens is 380 g/mol. The fourth-order valence-electron chi connectivity index (χ4n) is 3.58. The highest BCUT2D eigenvalue weighted by molar-refractivity contribution is 5.99. The lowest BCUT2D eigenvalue weighted by molar-refractivity contribution is -0.125. The van der Waals surface area contributed by atoms with Crippen LogP contribution < -0.4 is 15.0 Å². The molecule has 2 fully saturated rings. The van der Waals surface area contributed by atoms with Crippen LogP contribution in [-0.2, 0) is 4.79 Å². The Balaban J connectivity index is 1.81. The number of anilines is 1. The maximum atomic E-state index is 13.3. The van der Waals surface area contributed by atoms with Crippen molar-refractivity contribution in [2.24, 2.45) is 5.92 Å². The minimum absolute atomic E-state index is 0.0273. The second kappa shape index (κ2) is 8.24. The van der Waals surface area contributed by atoms with Gasteiger partial charge < -0.3 is 15.0 Å². The van der Waals surface area contributed by atoms with Crippen molar-refractivity contribution in [1.29, 1.82) is 0 Å². The minimum Gasteiger partial charge on any atom is -0.476 e. The Labute approximate surface area is 170 Å². The summed E-state index contributed by atoms with van der Waals surface area (Å²) in [5, 5.41) is 2.85. The van der Waals surface area contributed by atoms with Crippen molar-refractivity contribution >= 4 is 17.4 Å². The van der Waals surface area contributed by atoms with Crippen LogP contribution in [0.1, 0.15) is 63.4 Å². The van der Waals surface area contributed by atoms with Crippen LogP contribution in [-0.4, -0.2) is 47.8 Å². The average Bonchev–Trinajstić information content (AvgIpc) is 3.52. The molecule has 1 aliphatic heterocycles. The molecule has 1 saturated heterocycles. The molecular formula is C21H29F2N3O3. The van der Waals surface area contributed by atoms with Crippen molar-refractivity contribution in [3.63, 3.8) is 0 Å². The van der Waals surface area contributed by atoms with Gasteiger partial charge in [-0.2, -0.15) is 0 Å². The number of pyridine rings is 1. The van der Waals surface area contributed by atoms with Gasteiger partial charge in [-0.05, 0) is 43.7 Å². The molecule has 0 spiro atoms. The van der Waals surface area contributed by atoms with Gasteiger partial charge in [-0.3, -0.25) is 9.59 Å². The molecule has 8 heteroatoms. The average molecular weight is 409 g/mol. The van der Waals surface area contributed by atoms with E-state index in [4.69, 9.17) is 4.74 Å². The summed E-state index contributed by atoms with van der Waals surface area (Å²) in [4.78, 5) is 31.1. The summed E-state index contributed by atoms with van der Waals surface area (Å²) in [6, 6.07) is 3.10. The van der Waals surface area contributed by atoms with Crippen molar-refractivity contribution in [2.45, 2.75) is 64.3 Å². The zero-order valence-electron chi connectivity index (χ0n) is 17.3. The third-order valence-electron chi connectivity index (χ3n) is 5.83. The Morgan fingerprint density at radius 1 is 1.24 bits per heavy atom. The molecule has 0 bridgehead atoms. The zero-order chi connectivity index (χ0) is 21.2. The summed E-state index contributed by atoms with van der Waals surface area (Å²) in [7, 11) is 0. The summed E-state index contributed by atoms with van der Waals surface area (Å²) < 4.78 is 32.4. The fraction of sp³-hybridized carbons (Fsp3) is 0.667. The van der Waals surface area contributed by atoms with E-state index in [0.29, 0.717) is 37.5 Å². The molecule has 1 amide bonds. The number of rotatable bonds is 10. The number of Topliss-reactive ketones (excluding diaryl/α,β-unsaturated/α-hetero) is 1. The number of nitrogens with zero attached hydrogens (tertiary/aromatic N) is 2. The van der Waals surface area contributed by atoms with Gasteiger partial charge in [-0.15, -0.1) is 0 Å². The number of hydrogen-bond donors (Lipinski definition) is 1. The van der Waals surface area contributed by atoms with Gasteiger partial charge in [0.05, 0.1) is 25.2 Å². The Morgan fingerprint density at radius 2 is 1.90 bits per heavy atom. The smallest absolute Gasteiger partial charge is 0.282 e. The number of carbonyl (C=O) groups excluding carboxylic acids is 2. The monoisotopic (exact) mass is 409 g/mol. The van der Waals surface area contributed by atoms with Gasteiger partial charge in [0.2, 0.25) is 5.88 Å². The number of halogens is 2. The van der Waals surface area contributed by atoms with E-state index in [1.807, 2.05) is 13.8 Å². The molecule has 1 N–H and O–H groups in total. The molecule has 3 rings (SSSR count). The van der Waals surface area contributed by atoms with Crippen LogP contribution in [0.2, 0.25) is 0 Å². The topological polar surface area (TPSA) is 71.5 Å². The van der Waals surface area contributed by atoms with Gasteiger partial charge >= 0.3 is 0 Å². The molecule has 0 aromatic carbocycles. The van der Waals surface area contributed by atoms with E-state index in [2.05, 4.69) is 10.3 Å². The van der Waals surface area contributed by atoms with Gasteiger partial charge in [0.25, 0.3) is 11.8 Å². The number of nitrogens with one attached hydrogen (secondary N) is 1. The Bertz CT molecular complexity index is 768. The largest absolute Gasteiger partial charge is 0.476 e. The molecule has 160 valence electrons. The van der Waals surface area contributed by atoms with Crippen LogP contribution in [0, 0.1) is 5.92 Å². The highest BCUT2D eigenvalue weighted by Gasteiger charge is 2.45. The lowest BCUT2D eigenvalue weighted by Crippen LogP contribution is -2.56. The Hall–Kier alpha value is -2.25. The molecule has 1 aromatic rings. The second-order valence-corrected chi connectivity index (χ2v) is 8.01. The molecule has 2 heterocycles. The van der Waals surface area contributed by atoms with Crippen LogP contribution in [0.3, 0.4) is 0 Å². The Morgan fingerprint density at radius 3 is 2.41 bits per heavy atom. The molecule has 1 saturated carbocycles. The molecule has 1 aliphatic carbocycles. The number of aromatic nitrogens is 1. The van der Waals surface area contributed by atoms with Crippen molar-refractivity contribution in [2.75, 3.05) is 24.6 Å². The lowest BCUT2D eigenvalue weighted by Gasteiger charge is -2.40. The quantitative estimate of drug-likeness (QED) is 0.639. The first-order valence-corrected chi connectivity index (χ1v) is 10.4. The third kappa shape index (κ3) is 4.67. The maximum Gasteiger partial charge on any atom is 0.282 e. The van der Waals surface area contributed by atoms with Gasteiger partial charge in [-0.1, -0.05) is 20.8 Å². The van der Waals surface area contributed by atoms with Crippen LogP contribution in [0.25, 0.3) is 0 Å². The molecule has 0 radical (unpaired) electrons. The SMILES string of the molecule is CCC(=O)C(CC)(CC)NC(=O)c1ccc(N2CC(F)(F)C2)c(OCC2CC2)n1. The summed E-state index contributed by atoms with van der Waals surface area (Å²) in [5.74, 6) is -2.56. The van der Waals surface area contributed by atoms with Crippen LogP contribution >= 0.6 is 0 Å². The van der Waals surface area contributed by atoms with Crippen LogP contribution in [0.5, 0.6) is 5.88 Å². The molecule has 0 unspecified atom stereocenters. The maximum absolute atomic E-state index is 13.3. The molecule has 2 aliphatic rings. The first-order chi connectivity index (χ1) is 13.7. The van der Waals surface area contributed by atoms with Gasteiger partial charge in [0, 0.05) is 6.42 Å². The van der Waals surface area contributed by atoms with E-state index in [9.17, 15) is 18.4 Å². The normalized spacial score (nSPS) is 18.2. The second-order valence-electron chi connectivity index (χ2n) is 8.01. The number of alkyl halides is 2. The van der Waals surface area contributed by atoms with Gasteiger partial charge in [0.15, 0.2) is 5.78 Å². The number of ketones is 1. The zero-order valence-corrected chi connectivity index (χ0v) is 17.3. The number of carbonyl (C=O) groups is 2. The standard InChI is InChI=1S/C21H29F2N3O3/c1-4-17(27)20(5-2,6-3)25-18(28)15-9-10-16(26-12-21(22,23)13-26)19(24-15)29-11-14-7-8-14/h9-10,14H,4-8,11-13H2,1-3H3,(H,25,28). The highest BCUT2D eigenvalue weighted by atomic mass is 19.3. The predicted octanol–water partition coefficient (Wildman–Crippen LogP) is 3.59.